The van der Waals surface area contributed by atoms with Crippen LogP contribution in [0.4, 0.5) is 0 Å². The number of rotatable bonds is 7. The molecule has 1 heterocycles. The number of hydrogen-bond acceptors (Lipinski definition) is 3. The summed E-state index contributed by atoms with van der Waals surface area (Å²) in [7, 11) is 0. The monoisotopic (exact) mass is 370 g/mol. The van der Waals surface area contributed by atoms with Crippen LogP contribution < -0.4 is 5.32 Å². The van der Waals surface area contributed by atoms with E-state index in [2.05, 4.69) is 46.9 Å². The predicted octanol–water partition coefficient (Wildman–Crippen LogP) is 5.73. The van der Waals surface area contributed by atoms with E-state index in [9.17, 15) is 4.79 Å². The van der Waals surface area contributed by atoms with Crippen molar-refractivity contribution in [2.45, 2.75) is 65.3 Å². The summed E-state index contributed by atoms with van der Waals surface area (Å²) in [5.41, 5.74) is 3.31. The molecule has 0 saturated heterocycles. The predicted molar refractivity (Wildman–Crippen MR) is 109 cm³/mol. The Kier molecular flexibility index (Phi) is 6.84. The van der Waals surface area contributed by atoms with E-state index in [0.717, 1.165) is 40.6 Å². The van der Waals surface area contributed by atoms with Gasteiger partial charge in [-0.2, -0.15) is 0 Å². The Labute approximate surface area is 161 Å². The highest BCUT2D eigenvalue weighted by Gasteiger charge is 2.25. The molecule has 0 atom stereocenters. The first kappa shape index (κ1) is 19.1. The third-order valence-corrected chi connectivity index (χ3v) is 6.29. The third-order valence-electron chi connectivity index (χ3n) is 5.52. The van der Waals surface area contributed by atoms with Crippen LogP contribution in [0, 0.1) is 18.8 Å². The van der Waals surface area contributed by atoms with Crippen molar-refractivity contribution in [1.82, 2.24) is 10.3 Å². The fraction of sp³-hybridized carbons (Fsp3) is 0.545. The van der Waals surface area contributed by atoms with Crippen molar-refractivity contribution >= 4 is 17.2 Å². The van der Waals surface area contributed by atoms with Gasteiger partial charge in [-0.3, -0.25) is 4.79 Å². The number of thiazole rings is 1. The Hall–Kier alpha value is -1.68. The number of nitrogens with zero attached hydrogens (tertiary/aromatic N) is 1. The number of benzene rings is 1. The number of nitrogens with one attached hydrogen (secondary N) is 1. The zero-order valence-electron chi connectivity index (χ0n) is 16.0. The van der Waals surface area contributed by atoms with Gasteiger partial charge in [-0.1, -0.05) is 50.5 Å². The summed E-state index contributed by atoms with van der Waals surface area (Å²) in [6.45, 7) is 4.89. The van der Waals surface area contributed by atoms with E-state index < -0.39 is 0 Å². The molecule has 140 valence electrons. The second-order valence-electron chi connectivity index (χ2n) is 7.53. The van der Waals surface area contributed by atoms with Crippen LogP contribution in [0.15, 0.2) is 29.6 Å². The lowest BCUT2D eigenvalue weighted by atomic mass is 9.79. The highest BCUT2D eigenvalue weighted by atomic mass is 32.1. The molecule has 1 amide bonds. The zero-order valence-corrected chi connectivity index (χ0v) is 16.8. The first-order chi connectivity index (χ1) is 12.7. The van der Waals surface area contributed by atoms with Crippen LogP contribution in [0.5, 0.6) is 0 Å². The maximum atomic E-state index is 12.5. The number of aryl methyl sites for hydroxylation is 1. The highest BCUT2D eigenvalue weighted by molar-refractivity contribution is 7.09. The maximum absolute atomic E-state index is 12.5. The number of carbonyl (C=O) groups is 1. The fourth-order valence-electron chi connectivity index (χ4n) is 3.83. The molecule has 1 aliphatic rings. The lowest BCUT2D eigenvalue weighted by Gasteiger charge is -2.27. The van der Waals surface area contributed by atoms with Crippen molar-refractivity contribution in [3.8, 4) is 11.3 Å². The van der Waals surface area contributed by atoms with E-state index >= 15 is 0 Å². The lowest BCUT2D eigenvalue weighted by molar-refractivity contribution is -0.126. The van der Waals surface area contributed by atoms with Crippen LogP contribution in [0.2, 0.25) is 0 Å². The number of unbranched alkanes of at least 4 members (excludes halogenated alkanes) is 1. The van der Waals surface area contributed by atoms with Gasteiger partial charge in [0.25, 0.3) is 0 Å². The molecule has 1 fully saturated rings. The number of carbonyl (C=O) groups excluding carboxylic acids is 1. The Balaban J connectivity index is 1.45. The van der Waals surface area contributed by atoms with Gasteiger partial charge in [-0.15, -0.1) is 11.3 Å². The maximum Gasteiger partial charge on any atom is 0.223 e. The summed E-state index contributed by atoms with van der Waals surface area (Å²) in [4.78, 5) is 17.0. The molecule has 0 unspecified atom stereocenters. The minimum absolute atomic E-state index is 0.213. The Morgan fingerprint density at radius 2 is 1.92 bits per heavy atom. The minimum atomic E-state index is 0.213. The first-order valence-corrected chi connectivity index (χ1v) is 10.8. The largest absolute Gasteiger partial charge is 0.352 e. The molecule has 0 radical (unpaired) electrons. The quantitative estimate of drug-likeness (QED) is 0.676. The molecule has 3 nitrogen and oxygen atoms in total. The summed E-state index contributed by atoms with van der Waals surface area (Å²) in [6.07, 6.45) is 8.51. The van der Waals surface area contributed by atoms with Gasteiger partial charge in [0.1, 0.15) is 0 Å². The summed E-state index contributed by atoms with van der Waals surface area (Å²) in [6, 6.07) is 8.36. The van der Waals surface area contributed by atoms with Gasteiger partial charge in [0.2, 0.25) is 5.91 Å². The van der Waals surface area contributed by atoms with Crippen molar-refractivity contribution in [1.29, 1.82) is 0 Å². The standard InChI is InChI=1S/C22H30N2OS/c1-3-4-5-17-6-12-20(13-7-17)22(25)23-14-18-8-10-19(11-9-18)21-15-26-16(2)24-21/h8-11,15,17,20H,3-7,12-14H2,1-2H3,(H,23,25). The Morgan fingerprint density at radius 3 is 2.54 bits per heavy atom. The summed E-state index contributed by atoms with van der Waals surface area (Å²) < 4.78 is 0. The van der Waals surface area contributed by atoms with E-state index in [0.29, 0.717) is 6.54 Å². The van der Waals surface area contributed by atoms with Crippen molar-refractivity contribution in [2.24, 2.45) is 11.8 Å². The van der Waals surface area contributed by atoms with Crippen LogP contribution in [-0.4, -0.2) is 10.9 Å². The molecular formula is C22H30N2OS. The van der Waals surface area contributed by atoms with Crippen LogP contribution in [0.3, 0.4) is 0 Å². The number of hydrogen-bond donors (Lipinski definition) is 1. The van der Waals surface area contributed by atoms with Gasteiger partial charge in [0.05, 0.1) is 10.7 Å². The molecule has 0 spiro atoms. The van der Waals surface area contributed by atoms with Crippen molar-refractivity contribution in [3.05, 3.63) is 40.2 Å². The fourth-order valence-corrected chi connectivity index (χ4v) is 4.45. The number of amides is 1. The van der Waals surface area contributed by atoms with E-state index in [-0.39, 0.29) is 11.8 Å². The summed E-state index contributed by atoms with van der Waals surface area (Å²) >= 11 is 1.67. The molecule has 1 aromatic carbocycles. The SMILES string of the molecule is CCCCC1CCC(C(=O)NCc2ccc(-c3csc(C)n3)cc2)CC1. The normalized spacial score (nSPS) is 20.1. The van der Waals surface area contributed by atoms with Crippen LogP contribution in [0.25, 0.3) is 11.3 Å². The molecular weight excluding hydrogens is 340 g/mol. The van der Waals surface area contributed by atoms with Crippen LogP contribution in [0.1, 0.15) is 62.4 Å². The van der Waals surface area contributed by atoms with E-state index in [1.54, 1.807) is 11.3 Å². The van der Waals surface area contributed by atoms with Gasteiger partial charge in [0, 0.05) is 23.4 Å². The highest BCUT2D eigenvalue weighted by Crippen LogP contribution is 2.32. The van der Waals surface area contributed by atoms with E-state index in [1.165, 1.54) is 32.1 Å². The molecule has 3 rings (SSSR count). The van der Waals surface area contributed by atoms with Crippen LogP contribution in [-0.2, 0) is 11.3 Å². The average Bonchev–Trinajstić information content (AvgIpc) is 3.11. The van der Waals surface area contributed by atoms with Gasteiger partial charge >= 0.3 is 0 Å². The lowest BCUT2D eigenvalue weighted by Crippen LogP contribution is -2.32. The van der Waals surface area contributed by atoms with Gasteiger partial charge in [-0.25, -0.2) is 4.98 Å². The second kappa shape index (κ2) is 9.31. The molecule has 2 aromatic rings. The van der Waals surface area contributed by atoms with Crippen LogP contribution >= 0.6 is 11.3 Å². The molecule has 0 bridgehead atoms. The molecule has 4 heteroatoms. The Morgan fingerprint density at radius 1 is 1.19 bits per heavy atom. The van der Waals surface area contributed by atoms with Gasteiger partial charge in [-0.05, 0) is 44.1 Å². The molecule has 26 heavy (non-hydrogen) atoms. The van der Waals surface area contributed by atoms with Crippen molar-refractivity contribution in [2.75, 3.05) is 0 Å². The molecule has 1 aromatic heterocycles. The topological polar surface area (TPSA) is 42.0 Å². The average molecular weight is 371 g/mol. The van der Waals surface area contributed by atoms with E-state index in [4.69, 9.17) is 0 Å². The van der Waals surface area contributed by atoms with Crippen molar-refractivity contribution < 1.29 is 4.79 Å². The van der Waals surface area contributed by atoms with Gasteiger partial charge in [0.15, 0.2) is 0 Å². The molecule has 1 N–H and O–H groups in total. The Bertz CT molecular complexity index is 699. The van der Waals surface area contributed by atoms with Crippen molar-refractivity contribution in [3.63, 3.8) is 0 Å². The third kappa shape index (κ3) is 5.16. The van der Waals surface area contributed by atoms with E-state index in [1.807, 2.05) is 6.92 Å². The summed E-state index contributed by atoms with van der Waals surface area (Å²) in [5.74, 6) is 1.30. The van der Waals surface area contributed by atoms with Gasteiger partial charge < -0.3 is 5.32 Å². The molecule has 1 saturated carbocycles. The summed E-state index contributed by atoms with van der Waals surface area (Å²) in [5, 5.41) is 6.31. The second-order valence-corrected chi connectivity index (χ2v) is 8.59. The number of aromatic nitrogens is 1. The smallest absolute Gasteiger partial charge is 0.223 e. The minimum Gasteiger partial charge on any atom is -0.352 e. The first-order valence-electron chi connectivity index (χ1n) is 9.95. The zero-order chi connectivity index (χ0) is 18.4. The molecule has 1 aliphatic carbocycles. The molecule has 0 aliphatic heterocycles.